The topological polar surface area (TPSA) is 48.4 Å². The van der Waals surface area contributed by atoms with E-state index in [1.54, 1.807) is 18.3 Å². The predicted octanol–water partition coefficient (Wildman–Crippen LogP) is 6.40. The Morgan fingerprint density at radius 1 is 0.968 bits per heavy atom. The van der Waals surface area contributed by atoms with E-state index < -0.39 is 0 Å². The van der Waals surface area contributed by atoms with E-state index in [1.165, 1.54) is 31.5 Å². The fraction of sp³-hybridized carbons (Fsp3) is 0.192. The van der Waals surface area contributed by atoms with Crippen molar-refractivity contribution in [2.75, 3.05) is 18.4 Å². The van der Waals surface area contributed by atoms with Crippen LogP contribution in [0, 0.1) is 6.07 Å². The highest BCUT2D eigenvalue weighted by atomic mass is 35.5. The molecule has 1 saturated heterocycles. The zero-order valence-corrected chi connectivity index (χ0v) is 17.9. The minimum absolute atomic E-state index is 0.0803. The van der Waals surface area contributed by atoms with E-state index >= 15 is 0 Å². The molecule has 2 N–H and O–H groups in total. The number of aromatic hydroxyl groups is 1. The summed E-state index contributed by atoms with van der Waals surface area (Å²) in [5.41, 5.74) is 6.06. The smallest absolute Gasteiger partial charge is 0.134 e. The van der Waals surface area contributed by atoms with Crippen molar-refractivity contribution in [3.05, 3.63) is 83.5 Å². The predicted molar refractivity (Wildman–Crippen MR) is 127 cm³/mol. The van der Waals surface area contributed by atoms with Gasteiger partial charge in [0, 0.05) is 29.9 Å². The number of fused-ring (bicyclic) bond motifs is 1. The fourth-order valence-electron chi connectivity index (χ4n) is 4.10. The number of hydrogen-bond acceptors (Lipinski definition) is 4. The number of pyridine rings is 1. The molecule has 2 heterocycles. The lowest BCUT2D eigenvalue weighted by Crippen LogP contribution is -2.18. The van der Waals surface area contributed by atoms with E-state index in [0.717, 1.165) is 39.9 Å². The van der Waals surface area contributed by atoms with E-state index in [1.807, 2.05) is 18.2 Å². The van der Waals surface area contributed by atoms with Gasteiger partial charge in [0.15, 0.2) is 0 Å². The van der Waals surface area contributed by atoms with Crippen LogP contribution in [0.1, 0.15) is 18.4 Å². The summed E-state index contributed by atoms with van der Waals surface area (Å²) in [6.45, 7) is 3.42. The van der Waals surface area contributed by atoms with Crippen LogP contribution in [0.3, 0.4) is 0 Å². The fourth-order valence-corrected chi connectivity index (χ4v) is 4.28. The number of nitrogens with zero attached hydrogens (tertiary/aromatic N) is 2. The Labute approximate surface area is 187 Å². The number of aromatic nitrogens is 1. The van der Waals surface area contributed by atoms with Crippen molar-refractivity contribution < 1.29 is 5.11 Å². The molecule has 0 unspecified atom stereocenters. The van der Waals surface area contributed by atoms with E-state index in [4.69, 9.17) is 11.6 Å². The van der Waals surface area contributed by atoms with Gasteiger partial charge in [-0.3, -0.25) is 9.88 Å². The van der Waals surface area contributed by atoms with Crippen molar-refractivity contribution in [2.45, 2.75) is 19.4 Å². The summed E-state index contributed by atoms with van der Waals surface area (Å²) >= 11 is 6.10. The quantitative estimate of drug-likeness (QED) is 0.386. The molecule has 31 heavy (non-hydrogen) atoms. The van der Waals surface area contributed by atoms with Gasteiger partial charge in [0.05, 0.1) is 16.2 Å². The van der Waals surface area contributed by atoms with Crippen molar-refractivity contribution >= 4 is 33.9 Å². The Morgan fingerprint density at radius 2 is 1.71 bits per heavy atom. The molecule has 4 aromatic rings. The van der Waals surface area contributed by atoms with Crippen LogP contribution in [-0.4, -0.2) is 28.1 Å². The molecular formula is C26H23ClN3O. The van der Waals surface area contributed by atoms with Gasteiger partial charge in [-0.25, -0.2) is 0 Å². The number of benzene rings is 3. The maximum Gasteiger partial charge on any atom is 0.134 e. The number of likely N-dealkylation sites (tertiary alicyclic amines) is 1. The molecule has 4 nitrogen and oxygen atoms in total. The maximum atomic E-state index is 9.71. The Hall–Kier alpha value is -3.08. The normalized spacial score (nSPS) is 14.2. The lowest BCUT2D eigenvalue weighted by atomic mass is 10.0. The van der Waals surface area contributed by atoms with E-state index in [-0.39, 0.29) is 5.75 Å². The van der Waals surface area contributed by atoms with Gasteiger partial charge in [0.2, 0.25) is 0 Å². The summed E-state index contributed by atoms with van der Waals surface area (Å²) in [5, 5.41) is 14.5. The Balaban J connectivity index is 1.42. The molecule has 1 aromatic heterocycles. The molecule has 1 aliphatic heterocycles. The molecule has 1 fully saturated rings. The van der Waals surface area contributed by atoms with Gasteiger partial charge in [-0.15, -0.1) is 0 Å². The lowest BCUT2D eigenvalue weighted by Gasteiger charge is -2.15. The van der Waals surface area contributed by atoms with Gasteiger partial charge in [0.25, 0.3) is 0 Å². The number of rotatable bonds is 5. The molecule has 0 aliphatic carbocycles. The summed E-state index contributed by atoms with van der Waals surface area (Å²) in [7, 11) is 0. The van der Waals surface area contributed by atoms with Gasteiger partial charge >= 0.3 is 0 Å². The Bertz CT molecular complexity index is 1220. The first kappa shape index (κ1) is 19.9. The van der Waals surface area contributed by atoms with E-state index in [0.29, 0.717) is 5.02 Å². The van der Waals surface area contributed by atoms with E-state index in [9.17, 15) is 5.11 Å². The minimum Gasteiger partial charge on any atom is -0.506 e. The standard InChI is InChI=1S/C26H23ClN3O/c27-23-16-20(6-10-26(23)31)19-5-9-24-22(15-19)25(11-12-28-24)29-21-7-3-18(4-8-21)17-30-13-1-2-14-30/h3-10,12,15-16,31H,1-2,13-14,17H2,(H,28,29). The molecule has 0 saturated carbocycles. The highest BCUT2D eigenvalue weighted by Crippen LogP contribution is 2.33. The first-order chi connectivity index (χ1) is 15.2. The van der Waals surface area contributed by atoms with Crippen molar-refractivity contribution in [2.24, 2.45) is 0 Å². The van der Waals surface area contributed by atoms with Crippen LogP contribution in [0.15, 0.2) is 66.9 Å². The Morgan fingerprint density at radius 3 is 2.48 bits per heavy atom. The number of phenols is 1. The van der Waals surface area contributed by atoms with E-state index in [2.05, 4.69) is 51.6 Å². The van der Waals surface area contributed by atoms with Crippen molar-refractivity contribution in [3.8, 4) is 16.9 Å². The molecule has 155 valence electrons. The van der Waals surface area contributed by atoms with Crippen LogP contribution in [0.2, 0.25) is 5.02 Å². The van der Waals surface area contributed by atoms with Gasteiger partial charge < -0.3 is 10.4 Å². The second-order valence-electron chi connectivity index (χ2n) is 7.98. The third-order valence-electron chi connectivity index (χ3n) is 5.79. The molecular weight excluding hydrogens is 406 g/mol. The van der Waals surface area contributed by atoms with Gasteiger partial charge in [-0.2, -0.15) is 0 Å². The average Bonchev–Trinajstić information content (AvgIpc) is 3.30. The van der Waals surface area contributed by atoms with Crippen LogP contribution < -0.4 is 5.32 Å². The molecule has 5 rings (SSSR count). The third kappa shape index (κ3) is 4.36. The van der Waals surface area contributed by atoms with Crippen LogP contribution in [0.25, 0.3) is 22.0 Å². The molecule has 0 amide bonds. The van der Waals surface area contributed by atoms with Crippen LogP contribution in [0.5, 0.6) is 5.75 Å². The van der Waals surface area contributed by atoms with Gasteiger partial charge in [-0.1, -0.05) is 35.9 Å². The largest absolute Gasteiger partial charge is 0.506 e. The molecule has 0 spiro atoms. The van der Waals surface area contributed by atoms with Gasteiger partial charge in [0.1, 0.15) is 5.75 Å². The summed E-state index contributed by atoms with van der Waals surface area (Å²) in [4.78, 5) is 6.96. The maximum absolute atomic E-state index is 9.71. The first-order valence-corrected chi connectivity index (χ1v) is 10.9. The third-order valence-corrected chi connectivity index (χ3v) is 6.09. The van der Waals surface area contributed by atoms with Crippen molar-refractivity contribution in [1.82, 2.24) is 9.88 Å². The number of phenolic OH excluding ortho intramolecular Hbond substituents is 1. The molecule has 0 bridgehead atoms. The highest BCUT2D eigenvalue weighted by molar-refractivity contribution is 6.32. The average molecular weight is 429 g/mol. The molecule has 0 atom stereocenters. The number of nitrogens with one attached hydrogen (secondary N) is 1. The SMILES string of the molecule is Oc1ccc(-c2ccc3nc[c]c(Nc4ccc(CN5CCCC5)cc4)c3c2)cc1Cl. The number of halogens is 1. The monoisotopic (exact) mass is 428 g/mol. The second kappa shape index (κ2) is 8.58. The van der Waals surface area contributed by atoms with Crippen molar-refractivity contribution in [1.29, 1.82) is 0 Å². The zero-order valence-electron chi connectivity index (χ0n) is 17.1. The molecule has 5 heteroatoms. The summed E-state index contributed by atoms with van der Waals surface area (Å²) in [6, 6.07) is 23.2. The van der Waals surface area contributed by atoms with Crippen LogP contribution in [0.4, 0.5) is 11.4 Å². The summed E-state index contributed by atoms with van der Waals surface area (Å²) in [5.74, 6) is 0.0803. The first-order valence-electron chi connectivity index (χ1n) is 10.5. The lowest BCUT2D eigenvalue weighted by molar-refractivity contribution is 0.331. The van der Waals surface area contributed by atoms with Crippen LogP contribution in [-0.2, 0) is 6.54 Å². The second-order valence-corrected chi connectivity index (χ2v) is 8.39. The minimum atomic E-state index is 0.0803. The number of anilines is 2. The summed E-state index contributed by atoms with van der Waals surface area (Å²) in [6.07, 6.45) is 4.31. The highest BCUT2D eigenvalue weighted by Gasteiger charge is 2.12. The molecule has 1 radical (unpaired) electrons. The van der Waals surface area contributed by atoms with Crippen LogP contribution >= 0.6 is 11.6 Å². The summed E-state index contributed by atoms with van der Waals surface area (Å²) < 4.78 is 0. The molecule has 3 aromatic carbocycles. The van der Waals surface area contributed by atoms with Gasteiger partial charge in [-0.05, 0) is 79.0 Å². The Kier molecular flexibility index (Phi) is 5.49. The van der Waals surface area contributed by atoms with Crippen molar-refractivity contribution in [3.63, 3.8) is 0 Å². The molecule has 1 aliphatic rings. The zero-order chi connectivity index (χ0) is 21.2. The number of hydrogen-bond donors (Lipinski definition) is 2.